The van der Waals surface area contributed by atoms with Gasteiger partial charge in [0.2, 0.25) is 0 Å². The van der Waals surface area contributed by atoms with Gasteiger partial charge < -0.3 is 9.79 Å². The van der Waals surface area contributed by atoms with E-state index in [0.717, 1.165) is 18.4 Å². The summed E-state index contributed by atoms with van der Waals surface area (Å²) in [4.78, 5) is 17.2. The first kappa shape index (κ1) is 18.3. The highest BCUT2D eigenvalue weighted by atomic mass is 31.2. The van der Waals surface area contributed by atoms with E-state index >= 15 is 0 Å². The molecule has 1 unspecified atom stereocenters. The Hall–Kier alpha value is -0.730. The Bertz CT molecular complexity index is 427. The molecule has 108 valence electrons. The van der Waals surface area contributed by atoms with Crippen molar-refractivity contribution in [1.82, 2.24) is 0 Å². The summed E-state index contributed by atoms with van der Waals surface area (Å²) in [5.41, 5.74) is 2.42. The van der Waals surface area contributed by atoms with Gasteiger partial charge in [-0.3, -0.25) is 9.09 Å². The van der Waals surface area contributed by atoms with Crippen LogP contribution in [0.25, 0.3) is 0 Å². The Morgan fingerprint density at radius 3 is 2.47 bits per heavy atom. The van der Waals surface area contributed by atoms with Crippen LogP contribution < -0.4 is 0 Å². The van der Waals surface area contributed by atoms with E-state index in [1.165, 1.54) is 11.8 Å². The third-order valence-corrected chi connectivity index (χ3v) is 4.78. The summed E-state index contributed by atoms with van der Waals surface area (Å²) in [5.74, 6) is -0.754. The predicted molar refractivity (Wildman–Crippen MR) is 77.2 cm³/mol. The monoisotopic (exact) mass is 307 g/mol. The van der Waals surface area contributed by atoms with Crippen molar-refractivity contribution in [3.05, 3.63) is 35.6 Å². The maximum atomic E-state index is 11.1. The van der Waals surface area contributed by atoms with Gasteiger partial charge in [-0.15, -0.1) is 0 Å². The molecule has 0 spiro atoms. The molecule has 2 N–H and O–H groups in total. The van der Waals surface area contributed by atoms with Gasteiger partial charge in [0.15, 0.2) is 6.26 Å². The van der Waals surface area contributed by atoms with Crippen LogP contribution in [-0.2, 0) is 13.7 Å². The van der Waals surface area contributed by atoms with Crippen molar-refractivity contribution in [3.63, 3.8) is 0 Å². The van der Waals surface area contributed by atoms with Crippen molar-refractivity contribution in [2.24, 2.45) is 0 Å². The Kier molecular flexibility index (Phi) is 8.86. The van der Waals surface area contributed by atoms with Gasteiger partial charge in [-0.1, -0.05) is 23.3 Å². The van der Waals surface area contributed by atoms with Crippen LogP contribution in [0, 0.1) is 0 Å². The van der Waals surface area contributed by atoms with Crippen molar-refractivity contribution >= 4 is 15.6 Å². The summed E-state index contributed by atoms with van der Waals surface area (Å²) < 4.78 is 26.3. The van der Waals surface area contributed by atoms with E-state index in [0.29, 0.717) is 0 Å². The van der Waals surface area contributed by atoms with Gasteiger partial charge in [-0.05, 0) is 44.3 Å². The maximum Gasteiger partial charge on any atom is 0.568 e. The first-order chi connectivity index (χ1) is 8.70. The van der Waals surface area contributed by atoms with Crippen molar-refractivity contribution < 1.29 is 23.4 Å². The summed E-state index contributed by atoms with van der Waals surface area (Å²) in [6.45, 7) is 6.06. The van der Waals surface area contributed by atoms with Crippen LogP contribution in [0.4, 0.5) is 0 Å². The topological polar surface area (TPSA) is 83.8 Å². The molecular weight excluding hydrogens is 286 g/mol. The van der Waals surface area contributed by atoms with E-state index in [9.17, 15) is 9.13 Å². The fourth-order valence-electron chi connectivity index (χ4n) is 1.16. The van der Waals surface area contributed by atoms with Gasteiger partial charge in [-0.25, -0.2) is 0 Å². The summed E-state index contributed by atoms with van der Waals surface area (Å²) >= 11 is 0. The van der Waals surface area contributed by atoms with Crippen molar-refractivity contribution in [2.75, 3.05) is 5.90 Å². The molecular formula is C12H21O5P2+. The molecule has 0 saturated carbocycles. The Morgan fingerprint density at radius 1 is 1.32 bits per heavy atom. The van der Waals surface area contributed by atoms with Gasteiger partial charge in [0.25, 0.3) is 5.90 Å². The molecule has 0 aromatic heterocycles. The zero-order valence-electron chi connectivity index (χ0n) is 11.4. The first-order valence-electron chi connectivity index (χ1n) is 5.82. The molecule has 0 saturated heterocycles. The lowest BCUT2D eigenvalue weighted by molar-refractivity contribution is 0.376. The summed E-state index contributed by atoms with van der Waals surface area (Å²) in [7, 11) is -6.64. The standard InChI is InChI=1S/C12H20O5P2/c1-11(2)6-4-7-12(3)8-5-9-17-18(13)10-19(14,15)16/h5-6,8-9H,4,7,10H2,1-3H3,(H-,14,15,16)/p+1/b9-5+,12-8+. The molecule has 0 aromatic carbocycles. The molecule has 5 nitrogen and oxygen atoms in total. The molecule has 0 rings (SSSR count). The van der Waals surface area contributed by atoms with E-state index in [-0.39, 0.29) is 0 Å². The van der Waals surface area contributed by atoms with Crippen molar-refractivity contribution in [2.45, 2.75) is 33.6 Å². The molecule has 0 fully saturated rings. The lowest BCUT2D eigenvalue weighted by atomic mass is 10.1. The van der Waals surface area contributed by atoms with Gasteiger partial charge in [0.05, 0.1) is 0 Å². The SMILES string of the molecule is CC(C)=CCC/C(C)=C/C=C/O[P+](=O)CP(=O)(O)O. The van der Waals surface area contributed by atoms with Gasteiger partial charge in [0, 0.05) is 0 Å². The molecule has 1 atom stereocenters. The molecule has 0 bridgehead atoms. The number of allylic oxidation sites excluding steroid dienone is 5. The average molecular weight is 307 g/mol. The highest BCUT2D eigenvalue weighted by Crippen LogP contribution is 2.45. The minimum Gasteiger partial charge on any atom is -0.321 e. The second-order valence-corrected chi connectivity index (χ2v) is 7.74. The molecule has 0 aliphatic heterocycles. The average Bonchev–Trinajstić information content (AvgIpc) is 2.21. The molecule has 0 amide bonds. The Labute approximate surface area is 115 Å². The van der Waals surface area contributed by atoms with Gasteiger partial charge in [-0.2, -0.15) is 0 Å². The smallest absolute Gasteiger partial charge is 0.321 e. The number of hydrogen-bond acceptors (Lipinski definition) is 3. The van der Waals surface area contributed by atoms with Gasteiger partial charge >= 0.3 is 15.6 Å². The van der Waals surface area contributed by atoms with Gasteiger partial charge in [0.1, 0.15) is 0 Å². The van der Waals surface area contributed by atoms with Crippen molar-refractivity contribution in [1.29, 1.82) is 0 Å². The van der Waals surface area contributed by atoms with E-state index in [1.54, 1.807) is 6.08 Å². The first-order valence-corrected chi connectivity index (χ1v) is 8.98. The second-order valence-electron chi connectivity index (χ2n) is 4.41. The fourth-order valence-corrected chi connectivity index (χ4v) is 2.84. The second kappa shape index (κ2) is 9.22. The van der Waals surface area contributed by atoms with E-state index < -0.39 is 21.5 Å². The van der Waals surface area contributed by atoms with Crippen LogP contribution in [0.1, 0.15) is 33.6 Å². The third kappa shape index (κ3) is 13.5. The molecule has 0 radical (unpaired) electrons. The quantitative estimate of drug-likeness (QED) is 0.305. The molecule has 0 aliphatic carbocycles. The predicted octanol–water partition coefficient (Wildman–Crippen LogP) is 4.09. The maximum absolute atomic E-state index is 11.1. The highest BCUT2D eigenvalue weighted by Gasteiger charge is 2.30. The van der Waals surface area contributed by atoms with Crippen LogP contribution in [0.15, 0.2) is 35.6 Å². The van der Waals surface area contributed by atoms with Crippen LogP contribution in [0.3, 0.4) is 0 Å². The van der Waals surface area contributed by atoms with E-state index in [2.05, 4.69) is 6.08 Å². The largest absolute Gasteiger partial charge is 0.568 e. The molecule has 0 aromatic rings. The highest BCUT2D eigenvalue weighted by molar-refractivity contribution is 7.64. The number of hydrogen-bond donors (Lipinski definition) is 2. The minimum absolute atomic E-state index is 0.754. The molecule has 19 heavy (non-hydrogen) atoms. The van der Waals surface area contributed by atoms with Crippen LogP contribution >= 0.6 is 15.6 Å². The summed E-state index contributed by atoms with van der Waals surface area (Å²) in [6.07, 6.45) is 8.62. The third-order valence-electron chi connectivity index (χ3n) is 2.03. The lowest BCUT2D eigenvalue weighted by Crippen LogP contribution is -1.82. The molecule has 7 heteroatoms. The van der Waals surface area contributed by atoms with E-state index in [4.69, 9.17) is 14.3 Å². The van der Waals surface area contributed by atoms with Crippen LogP contribution in [-0.4, -0.2) is 15.7 Å². The fraction of sp³-hybridized carbons (Fsp3) is 0.500. The minimum atomic E-state index is -4.28. The summed E-state index contributed by atoms with van der Waals surface area (Å²) in [5, 5.41) is 0. The zero-order valence-corrected chi connectivity index (χ0v) is 13.2. The normalized spacial score (nSPS) is 13.5. The Balaban J connectivity index is 4.04. The molecule has 0 aliphatic rings. The lowest BCUT2D eigenvalue weighted by Gasteiger charge is -1.96. The Morgan fingerprint density at radius 2 is 1.95 bits per heavy atom. The molecule has 0 heterocycles. The summed E-state index contributed by atoms with van der Waals surface area (Å²) in [6, 6.07) is 0. The van der Waals surface area contributed by atoms with E-state index in [1.807, 2.05) is 26.8 Å². The van der Waals surface area contributed by atoms with Crippen LogP contribution in [0.2, 0.25) is 0 Å². The zero-order chi connectivity index (χ0) is 14.9. The van der Waals surface area contributed by atoms with Crippen molar-refractivity contribution in [3.8, 4) is 0 Å². The number of rotatable bonds is 8. The van der Waals surface area contributed by atoms with Crippen LogP contribution in [0.5, 0.6) is 0 Å².